The molecule has 2 aromatic rings. The van der Waals surface area contributed by atoms with Crippen LogP contribution in [-0.2, 0) is 11.3 Å². The van der Waals surface area contributed by atoms with E-state index in [0.29, 0.717) is 45.1 Å². The minimum Gasteiger partial charge on any atom is -0.490 e. The summed E-state index contributed by atoms with van der Waals surface area (Å²) >= 11 is 0. The lowest BCUT2D eigenvalue weighted by Crippen LogP contribution is -2.51. The number of aromatic nitrogens is 1. The molecule has 1 aromatic carbocycles. The fourth-order valence-corrected chi connectivity index (χ4v) is 3.91. The third kappa shape index (κ3) is 4.06. The van der Waals surface area contributed by atoms with E-state index in [2.05, 4.69) is 0 Å². The Morgan fingerprint density at radius 3 is 2.54 bits per heavy atom. The Kier molecular flexibility index (Phi) is 5.66. The van der Waals surface area contributed by atoms with E-state index >= 15 is 0 Å². The number of morpholine rings is 1. The van der Waals surface area contributed by atoms with Gasteiger partial charge in [-0.15, -0.1) is 0 Å². The molecule has 28 heavy (non-hydrogen) atoms. The summed E-state index contributed by atoms with van der Waals surface area (Å²) in [6.07, 6.45) is 0.799. The van der Waals surface area contributed by atoms with Crippen molar-refractivity contribution < 1.29 is 23.0 Å². The van der Waals surface area contributed by atoms with E-state index in [-0.39, 0.29) is 18.7 Å². The molecule has 0 bridgehead atoms. The molecule has 4 rings (SSSR count). The molecule has 0 radical (unpaired) electrons. The maximum Gasteiger partial charge on any atom is 0.320 e. The minimum atomic E-state index is -2.39. The summed E-state index contributed by atoms with van der Waals surface area (Å²) in [6, 6.07) is 7.43. The summed E-state index contributed by atoms with van der Waals surface area (Å²) in [4.78, 5) is 16.3. The van der Waals surface area contributed by atoms with E-state index in [9.17, 15) is 13.6 Å². The molecule has 2 aliphatic heterocycles. The van der Waals surface area contributed by atoms with Crippen LogP contribution in [0.25, 0.3) is 10.9 Å². The number of benzene rings is 1. The highest BCUT2D eigenvalue weighted by molar-refractivity contribution is 5.86. The average molecular weight is 393 g/mol. The highest BCUT2D eigenvalue weighted by Crippen LogP contribution is 2.29. The molecule has 2 saturated heterocycles. The number of amides is 2. The average Bonchev–Trinajstić information content (AvgIpc) is 3.12. The lowest BCUT2D eigenvalue weighted by Gasteiger charge is -2.37. The van der Waals surface area contributed by atoms with Crippen LogP contribution >= 0.6 is 0 Å². The number of nitrogens with zero attached hydrogens (tertiary/aromatic N) is 3. The lowest BCUT2D eigenvalue weighted by molar-refractivity contribution is 0.0361. The SMILES string of the molecule is O=C(N1CCOCC1)N1CCC(Oc2cccc3c2ccn3CC(F)F)CC1. The molecule has 2 aliphatic rings. The van der Waals surface area contributed by atoms with Crippen molar-refractivity contribution in [2.24, 2.45) is 0 Å². The lowest BCUT2D eigenvalue weighted by atomic mass is 10.1. The molecule has 3 heterocycles. The summed E-state index contributed by atoms with van der Waals surface area (Å²) in [5, 5.41) is 0.843. The van der Waals surface area contributed by atoms with Gasteiger partial charge in [0.15, 0.2) is 0 Å². The van der Waals surface area contributed by atoms with Gasteiger partial charge in [-0.3, -0.25) is 0 Å². The highest BCUT2D eigenvalue weighted by atomic mass is 19.3. The quantitative estimate of drug-likeness (QED) is 0.802. The van der Waals surface area contributed by atoms with Crippen LogP contribution in [0.5, 0.6) is 5.75 Å². The predicted molar refractivity (Wildman–Crippen MR) is 101 cm³/mol. The molecule has 2 fully saturated rings. The number of fused-ring (bicyclic) bond motifs is 1. The number of carbonyl (C=O) groups excluding carboxylic acids is 1. The van der Waals surface area contributed by atoms with Gasteiger partial charge in [-0.1, -0.05) is 6.07 Å². The first-order valence-electron chi connectivity index (χ1n) is 9.76. The maximum absolute atomic E-state index is 12.7. The van der Waals surface area contributed by atoms with Crippen LogP contribution in [0.15, 0.2) is 30.5 Å². The summed E-state index contributed by atoms with van der Waals surface area (Å²) in [5.74, 6) is 0.712. The summed E-state index contributed by atoms with van der Waals surface area (Å²) in [6.45, 7) is 3.47. The molecule has 0 unspecified atom stereocenters. The van der Waals surface area contributed by atoms with Crippen molar-refractivity contribution in [3.8, 4) is 5.75 Å². The van der Waals surface area contributed by atoms with Crippen LogP contribution in [-0.4, -0.2) is 72.3 Å². The summed E-state index contributed by atoms with van der Waals surface area (Å²) in [7, 11) is 0. The number of rotatable bonds is 4. The van der Waals surface area contributed by atoms with Crippen LogP contribution < -0.4 is 4.74 Å². The van der Waals surface area contributed by atoms with Crippen molar-refractivity contribution in [3.05, 3.63) is 30.5 Å². The van der Waals surface area contributed by atoms with Crippen LogP contribution in [0.4, 0.5) is 13.6 Å². The van der Waals surface area contributed by atoms with Crippen molar-refractivity contribution in [1.82, 2.24) is 14.4 Å². The zero-order valence-electron chi connectivity index (χ0n) is 15.7. The molecular weight excluding hydrogens is 368 g/mol. The topological polar surface area (TPSA) is 46.9 Å². The second kappa shape index (κ2) is 8.34. The largest absolute Gasteiger partial charge is 0.490 e. The molecule has 152 valence electrons. The van der Waals surface area contributed by atoms with Gasteiger partial charge >= 0.3 is 6.03 Å². The second-order valence-electron chi connectivity index (χ2n) is 7.23. The molecule has 1 aromatic heterocycles. The number of urea groups is 1. The maximum atomic E-state index is 12.7. The van der Waals surface area contributed by atoms with Crippen LogP contribution in [0.3, 0.4) is 0 Å². The Morgan fingerprint density at radius 1 is 1.11 bits per heavy atom. The first-order valence-corrected chi connectivity index (χ1v) is 9.76. The number of alkyl halides is 2. The van der Waals surface area contributed by atoms with E-state index in [1.54, 1.807) is 10.8 Å². The molecule has 0 spiro atoms. The van der Waals surface area contributed by atoms with E-state index in [1.165, 1.54) is 0 Å². The zero-order chi connectivity index (χ0) is 19.5. The molecular formula is C20H25F2N3O3. The van der Waals surface area contributed by atoms with Crippen molar-refractivity contribution in [2.45, 2.75) is 31.9 Å². The molecule has 2 amide bonds. The molecule has 0 atom stereocenters. The number of hydrogen-bond donors (Lipinski definition) is 0. The van der Waals surface area contributed by atoms with Gasteiger partial charge in [0.1, 0.15) is 11.9 Å². The van der Waals surface area contributed by atoms with Gasteiger partial charge in [0.05, 0.1) is 25.3 Å². The number of ether oxygens (including phenoxy) is 2. The Labute approximate surface area is 162 Å². The third-order valence-electron chi connectivity index (χ3n) is 5.40. The Balaban J connectivity index is 1.37. The van der Waals surface area contributed by atoms with Gasteiger partial charge in [-0.05, 0) is 18.2 Å². The van der Waals surface area contributed by atoms with Gasteiger partial charge in [-0.2, -0.15) is 0 Å². The zero-order valence-corrected chi connectivity index (χ0v) is 15.7. The Hall–Kier alpha value is -2.35. The number of carbonyl (C=O) groups is 1. The van der Waals surface area contributed by atoms with Gasteiger partial charge < -0.3 is 23.8 Å². The number of hydrogen-bond acceptors (Lipinski definition) is 3. The van der Waals surface area contributed by atoms with Gasteiger partial charge in [0, 0.05) is 50.6 Å². The van der Waals surface area contributed by atoms with Gasteiger partial charge in [0.25, 0.3) is 6.43 Å². The molecule has 8 heteroatoms. The Bertz CT molecular complexity index is 812. The van der Waals surface area contributed by atoms with E-state index < -0.39 is 6.43 Å². The first-order chi connectivity index (χ1) is 13.6. The number of likely N-dealkylation sites (tertiary alicyclic amines) is 1. The van der Waals surface area contributed by atoms with Crippen LogP contribution in [0.1, 0.15) is 12.8 Å². The monoisotopic (exact) mass is 393 g/mol. The van der Waals surface area contributed by atoms with Crippen molar-refractivity contribution >= 4 is 16.9 Å². The van der Waals surface area contributed by atoms with E-state index in [4.69, 9.17) is 9.47 Å². The summed E-state index contributed by atoms with van der Waals surface area (Å²) < 4.78 is 38.5. The minimum absolute atomic E-state index is 0.0118. The third-order valence-corrected chi connectivity index (χ3v) is 5.40. The fourth-order valence-electron chi connectivity index (χ4n) is 3.91. The Morgan fingerprint density at radius 2 is 1.82 bits per heavy atom. The second-order valence-corrected chi connectivity index (χ2v) is 7.23. The highest BCUT2D eigenvalue weighted by Gasteiger charge is 2.28. The van der Waals surface area contributed by atoms with Gasteiger partial charge in [-0.25, -0.2) is 13.6 Å². The van der Waals surface area contributed by atoms with E-state index in [1.807, 2.05) is 34.1 Å². The van der Waals surface area contributed by atoms with Crippen LogP contribution in [0, 0.1) is 0 Å². The molecule has 0 aliphatic carbocycles. The summed E-state index contributed by atoms with van der Waals surface area (Å²) in [5.41, 5.74) is 0.748. The normalized spacial score (nSPS) is 18.8. The molecule has 0 N–H and O–H groups in total. The predicted octanol–water partition coefficient (Wildman–Crippen LogP) is 3.20. The van der Waals surface area contributed by atoms with Gasteiger partial charge in [0.2, 0.25) is 0 Å². The van der Waals surface area contributed by atoms with Crippen LogP contribution in [0.2, 0.25) is 0 Å². The smallest absolute Gasteiger partial charge is 0.320 e. The van der Waals surface area contributed by atoms with Crippen molar-refractivity contribution in [1.29, 1.82) is 0 Å². The number of piperidine rings is 1. The standard InChI is InChI=1S/C20H25F2N3O3/c21-19(22)14-25-9-6-16-17(25)2-1-3-18(16)28-15-4-7-23(8-5-15)20(26)24-10-12-27-13-11-24/h1-3,6,9,15,19H,4-5,7-8,10-14H2. The van der Waals surface area contributed by atoms with E-state index in [0.717, 1.165) is 23.7 Å². The first kappa shape index (κ1) is 19.0. The number of halogens is 2. The molecule has 0 saturated carbocycles. The fraction of sp³-hybridized carbons (Fsp3) is 0.550. The van der Waals surface area contributed by atoms with Crippen molar-refractivity contribution in [2.75, 3.05) is 39.4 Å². The molecule has 6 nitrogen and oxygen atoms in total. The van der Waals surface area contributed by atoms with Crippen molar-refractivity contribution in [3.63, 3.8) is 0 Å².